The molecule has 1 aromatic rings. The first kappa shape index (κ1) is 14.5. The van der Waals surface area contributed by atoms with Crippen molar-refractivity contribution in [1.82, 2.24) is 0 Å². The summed E-state index contributed by atoms with van der Waals surface area (Å²) in [6.07, 6.45) is -1.18. The van der Waals surface area contributed by atoms with Crippen molar-refractivity contribution >= 4 is 17.6 Å². The summed E-state index contributed by atoms with van der Waals surface area (Å²) in [5.74, 6) is -1.55. The molecule has 1 saturated heterocycles. The van der Waals surface area contributed by atoms with E-state index >= 15 is 0 Å². The van der Waals surface area contributed by atoms with Crippen LogP contribution in [0.4, 0.5) is 5.69 Å². The zero-order valence-corrected chi connectivity index (χ0v) is 10.9. The van der Waals surface area contributed by atoms with Crippen LogP contribution in [0.5, 0.6) is 0 Å². The van der Waals surface area contributed by atoms with E-state index in [4.69, 9.17) is 20.4 Å². The molecular weight excluding hydrogens is 274 g/mol. The molecule has 7 nitrogen and oxygen atoms in total. The predicted molar refractivity (Wildman–Crippen MR) is 70.0 cm³/mol. The lowest BCUT2D eigenvalue weighted by atomic mass is 10.1. The first-order valence-corrected chi connectivity index (χ1v) is 6.18. The highest BCUT2D eigenvalue weighted by Crippen LogP contribution is 2.22. The topological polar surface area (TPSA) is 123 Å². The van der Waals surface area contributed by atoms with Gasteiger partial charge in [-0.25, -0.2) is 4.79 Å². The number of amides is 1. The summed E-state index contributed by atoms with van der Waals surface area (Å²) in [7, 11) is 0. The van der Waals surface area contributed by atoms with Crippen LogP contribution in [0, 0.1) is 22.7 Å². The van der Waals surface area contributed by atoms with Crippen LogP contribution >= 0.6 is 0 Å². The molecule has 2 atom stereocenters. The first-order chi connectivity index (χ1) is 10.0. The summed E-state index contributed by atoms with van der Waals surface area (Å²) < 4.78 is 5.13. The highest BCUT2D eigenvalue weighted by Gasteiger charge is 2.34. The molecule has 0 saturated carbocycles. The summed E-state index contributed by atoms with van der Waals surface area (Å²) in [6.45, 7) is 0. The Hall–Kier alpha value is -2.90. The van der Waals surface area contributed by atoms with Gasteiger partial charge in [-0.1, -0.05) is 0 Å². The van der Waals surface area contributed by atoms with Gasteiger partial charge in [0, 0.05) is 5.69 Å². The number of ether oxygens (including phenoxy) is 1. The van der Waals surface area contributed by atoms with Gasteiger partial charge in [-0.15, -0.1) is 0 Å². The van der Waals surface area contributed by atoms with E-state index in [2.05, 4.69) is 5.32 Å². The smallest absolute Gasteiger partial charge is 0.332 e. The maximum Gasteiger partial charge on any atom is 0.332 e. The number of hydrogen-bond acceptors (Lipinski definition) is 5. The monoisotopic (exact) mass is 285 g/mol. The molecule has 1 aliphatic rings. The Bertz CT molecular complexity index is 672. The van der Waals surface area contributed by atoms with Crippen LogP contribution in [-0.2, 0) is 14.3 Å². The van der Waals surface area contributed by atoms with E-state index in [-0.39, 0.29) is 17.5 Å². The van der Waals surface area contributed by atoms with E-state index < -0.39 is 24.1 Å². The van der Waals surface area contributed by atoms with Crippen molar-refractivity contribution in [1.29, 1.82) is 10.5 Å². The Labute approximate surface area is 120 Å². The second kappa shape index (κ2) is 6.04. The van der Waals surface area contributed by atoms with Gasteiger partial charge in [0.25, 0.3) is 5.91 Å². The Morgan fingerprint density at radius 1 is 1.19 bits per heavy atom. The summed E-state index contributed by atoms with van der Waals surface area (Å²) in [4.78, 5) is 22.7. The highest BCUT2D eigenvalue weighted by molar-refractivity contribution is 5.95. The van der Waals surface area contributed by atoms with Gasteiger partial charge in [0.05, 0.1) is 11.1 Å². The van der Waals surface area contributed by atoms with E-state index in [9.17, 15) is 9.59 Å². The maximum absolute atomic E-state index is 12.0. The molecule has 0 aromatic heterocycles. The Balaban J connectivity index is 2.06. The van der Waals surface area contributed by atoms with E-state index in [0.29, 0.717) is 12.1 Å². The molecule has 2 rings (SSSR count). The molecule has 0 radical (unpaired) electrons. The molecule has 1 amide bonds. The van der Waals surface area contributed by atoms with E-state index in [1.807, 2.05) is 12.1 Å². The fourth-order valence-corrected chi connectivity index (χ4v) is 2.05. The molecule has 21 heavy (non-hydrogen) atoms. The van der Waals surface area contributed by atoms with Crippen LogP contribution in [0.1, 0.15) is 24.0 Å². The van der Waals surface area contributed by atoms with E-state index in [1.54, 1.807) is 0 Å². The summed E-state index contributed by atoms with van der Waals surface area (Å²) >= 11 is 0. The molecule has 0 unspecified atom stereocenters. The second-order valence-electron chi connectivity index (χ2n) is 4.50. The second-order valence-corrected chi connectivity index (χ2v) is 4.50. The zero-order chi connectivity index (χ0) is 15.4. The minimum atomic E-state index is -1.09. The quantitative estimate of drug-likeness (QED) is 0.853. The molecule has 1 aromatic carbocycles. The van der Waals surface area contributed by atoms with Crippen molar-refractivity contribution in [2.24, 2.45) is 0 Å². The molecule has 0 aliphatic carbocycles. The van der Waals surface area contributed by atoms with Gasteiger partial charge < -0.3 is 15.2 Å². The Morgan fingerprint density at radius 2 is 1.86 bits per heavy atom. The number of anilines is 1. The third kappa shape index (κ3) is 3.16. The number of nitrogens with one attached hydrogen (secondary N) is 1. The SMILES string of the molecule is N#Cc1ccc(NC(=O)[C@@H]2CC[C@H](C(=O)O)O2)cc1C#N. The average Bonchev–Trinajstić information content (AvgIpc) is 2.97. The van der Waals surface area contributed by atoms with E-state index in [0.717, 1.165) is 0 Å². The normalized spacial score (nSPS) is 20.3. The molecule has 106 valence electrons. The number of benzene rings is 1. The van der Waals surface area contributed by atoms with Gasteiger partial charge in [-0.05, 0) is 31.0 Å². The number of rotatable bonds is 3. The molecule has 1 fully saturated rings. The van der Waals surface area contributed by atoms with Gasteiger partial charge in [0.1, 0.15) is 18.2 Å². The minimum Gasteiger partial charge on any atom is -0.479 e. The minimum absolute atomic E-state index is 0.158. The van der Waals surface area contributed by atoms with Gasteiger partial charge in [-0.2, -0.15) is 10.5 Å². The third-order valence-corrected chi connectivity index (χ3v) is 3.12. The van der Waals surface area contributed by atoms with Crippen molar-refractivity contribution < 1.29 is 19.4 Å². The Morgan fingerprint density at radius 3 is 2.43 bits per heavy atom. The molecular formula is C14H11N3O4. The highest BCUT2D eigenvalue weighted by atomic mass is 16.5. The standard InChI is InChI=1S/C14H11N3O4/c15-6-8-1-2-10(5-9(8)7-16)17-13(18)11-3-4-12(21-11)14(19)20/h1-2,5,11-12H,3-4H2,(H,17,18)(H,19,20)/t11-,12+/m0/s1. The number of carbonyl (C=O) groups is 2. The number of carbonyl (C=O) groups excluding carboxylic acids is 1. The summed E-state index contributed by atoms with van der Waals surface area (Å²) in [5.41, 5.74) is 0.738. The number of nitrogens with zero attached hydrogens (tertiary/aromatic N) is 2. The largest absolute Gasteiger partial charge is 0.479 e. The van der Waals surface area contributed by atoms with Crippen LogP contribution in [0.15, 0.2) is 18.2 Å². The molecule has 7 heteroatoms. The molecule has 1 heterocycles. The number of aliphatic carboxylic acids is 1. The van der Waals surface area contributed by atoms with Crippen molar-refractivity contribution in [3.63, 3.8) is 0 Å². The summed E-state index contributed by atoms with van der Waals surface area (Å²) in [6, 6.07) is 8.07. The lowest BCUT2D eigenvalue weighted by Gasteiger charge is -2.12. The van der Waals surface area contributed by atoms with Crippen molar-refractivity contribution in [2.45, 2.75) is 25.0 Å². The fourth-order valence-electron chi connectivity index (χ4n) is 2.05. The van der Waals surface area contributed by atoms with Crippen LogP contribution in [0.25, 0.3) is 0 Å². The molecule has 1 aliphatic heterocycles. The number of carboxylic acid groups (broad SMARTS) is 1. The van der Waals surface area contributed by atoms with Crippen molar-refractivity contribution in [3.8, 4) is 12.1 Å². The number of hydrogen-bond donors (Lipinski definition) is 2. The van der Waals surface area contributed by atoms with Crippen molar-refractivity contribution in [2.75, 3.05) is 5.32 Å². The lowest BCUT2D eigenvalue weighted by molar-refractivity contribution is -0.150. The van der Waals surface area contributed by atoms with Gasteiger partial charge >= 0.3 is 5.97 Å². The van der Waals surface area contributed by atoms with Crippen LogP contribution in [0.2, 0.25) is 0 Å². The first-order valence-electron chi connectivity index (χ1n) is 6.18. The predicted octanol–water partition coefficient (Wildman–Crippen LogP) is 1.00. The lowest BCUT2D eigenvalue weighted by Crippen LogP contribution is -2.29. The Kier molecular flexibility index (Phi) is 4.17. The van der Waals surface area contributed by atoms with Crippen LogP contribution in [0.3, 0.4) is 0 Å². The summed E-state index contributed by atoms with van der Waals surface area (Å²) in [5, 5.41) is 29.1. The molecule has 0 spiro atoms. The van der Waals surface area contributed by atoms with Crippen LogP contribution < -0.4 is 5.32 Å². The maximum atomic E-state index is 12.0. The van der Waals surface area contributed by atoms with Gasteiger partial charge in [0.2, 0.25) is 0 Å². The van der Waals surface area contributed by atoms with Gasteiger partial charge in [0.15, 0.2) is 6.10 Å². The molecule has 2 N–H and O–H groups in total. The number of carboxylic acids is 1. The van der Waals surface area contributed by atoms with E-state index in [1.165, 1.54) is 18.2 Å². The average molecular weight is 285 g/mol. The van der Waals surface area contributed by atoms with Gasteiger partial charge in [-0.3, -0.25) is 4.79 Å². The number of nitriles is 2. The van der Waals surface area contributed by atoms with Crippen LogP contribution in [-0.4, -0.2) is 29.2 Å². The third-order valence-electron chi connectivity index (χ3n) is 3.12. The zero-order valence-electron chi connectivity index (χ0n) is 10.9. The van der Waals surface area contributed by atoms with Crippen molar-refractivity contribution in [3.05, 3.63) is 29.3 Å². The fraction of sp³-hybridized carbons (Fsp3) is 0.286. The molecule has 0 bridgehead atoms.